The molecule has 4 heteroatoms. The summed E-state index contributed by atoms with van der Waals surface area (Å²) in [5.41, 5.74) is 1.48. The van der Waals surface area contributed by atoms with Crippen LogP contribution in [0.5, 0.6) is 0 Å². The van der Waals surface area contributed by atoms with Gasteiger partial charge in [-0.3, -0.25) is 4.98 Å². The molecule has 0 aromatic carbocycles. The van der Waals surface area contributed by atoms with Crippen molar-refractivity contribution in [3.8, 4) is 6.19 Å². The van der Waals surface area contributed by atoms with E-state index in [0.29, 0.717) is 0 Å². The molecule has 0 saturated heterocycles. The van der Waals surface area contributed by atoms with Crippen LogP contribution in [0.4, 0.5) is 0 Å². The van der Waals surface area contributed by atoms with E-state index >= 15 is 0 Å². The molecule has 0 fully saturated rings. The van der Waals surface area contributed by atoms with E-state index in [1.54, 1.807) is 6.20 Å². The van der Waals surface area contributed by atoms with Gasteiger partial charge in [0.25, 0.3) is 0 Å². The first-order valence-corrected chi connectivity index (χ1v) is 8.82. The summed E-state index contributed by atoms with van der Waals surface area (Å²) in [5.74, 6) is 0.890. The van der Waals surface area contributed by atoms with Crippen molar-refractivity contribution in [3.05, 3.63) is 30.1 Å². The summed E-state index contributed by atoms with van der Waals surface area (Å²) in [4.78, 5) is 4.27. The predicted molar refractivity (Wildman–Crippen MR) is 90.8 cm³/mol. The Bertz CT molecular complexity index is 521. The standard InChI is InChI=1S/C17H27N3S/c1-7-21(20-13-18)15(14-9-8-10-19-11-14)17(5,6)12-16(2,3)4/h8-11,15H,7,12H2,1-6H3. The fourth-order valence-electron chi connectivity index (χ4n) is 3.30. The van der Waals surface area contributed by atoms with Crippen LogP contribution in [0.2, 0.25) is 0 Å². The van der Waals surface area contributed by atoms with E-state index in [1.165, 1.54) is 5.56 Å². The fraction of sp³-hybridized carbons (Fsp3) is 0.647. The van der Waals surface area contributed by atoms with E-state index < -0.39 is 0 Å². The molecule has 1 aromatic heterocycles. The molecule has 0 bridgehead atoms. The summed E-state index contributed by atoms with van der Waals surface area (Å²) >= 11 is 0. The third-order valence-electron chi connectivity index (χ3n) is 3.41. The average Bonchev–Trinajstić information content (AvgIpc) is 2.36. The third-order valence-corrected chi connectivity index (χ3v) is 5.77. The first-order valence-electron chi connectivity index (χ1n) is 7.41. The summed E-state index contributed by atoms with van der Waals surface area (Å²) in [6.07, 6.45) is 6.82. The number of rotatable bonds is 5. The lowest BCUT2D eigenvalue weighted by molar-refractivity contribution is 0.206. The van der Waals surface area contributed by atoms with Crippen molar-refractivity contribution < 1.29 is 0 Å². The molecular weight excluding hydrogens is 278 g/mol. The number of aromatic nitrogens is 1. The van der Waals surface area contributed by atoms with Crippen molar-refractivity contribution in [2.45, 2.75) is 53.2 Å². The Morgan fingerprint density at radius 1 is 1.33 bits per heavy atom. The van der Waals surface area contributed by atoms with Crippen molar-refractivity contribution in [1.29, 1.82) is 5.26 Å². The molecule has 0 N–H and O–H groups in total. The van der Waals surface area contributed by atoms with Gasteiger partial charge in [-0.2, -0.15) is 9.62 Å². The highest BCUT2D eigenvalue weighted by atomic mass is 32.2. The van der Waals surface area contributed by atoms with Gasteiger partial charge in [-0.25, -0.2) is 0 Å². The molecule has 0 aliphatic rings. The van der Waals surface area contributed by atoms with Gasteiger partial charge in [-0.1, -0.05) is 58.3 Å². The van der Waals surface area contributed by atoms with Crippen LogP contribution in [0.3, 0.4) is 0 Å². The molecule has 0 spiro atoms. The molecule has 116 valence electrons. The second-order valence-corrected chi connectivity index (χ2v) is 9.31. The molecule has 1 heterocycles. The van der Waals surface area contributed by atoms with Gasteiger partial charge < -0.3 is 0 Å². The second kappa shape index (κ2) is 7.17. The molecule has 21 heavy (non-hydrogen) atoms. The summed E-state index contributed by atoms with van der Waals surface area (Å²) in [7, 11) is -0.300. The van der Waals surface area contributed by atoms with Crippen molar-refractivity contribution in [2.24, 2.45) is 15.2 Å². The topological polar surface area (TPSA) is 49.0 Å². The van der Waals surface area contributed by atoms with Crippen LogP contribution >= 0.6 is 0 Å². The highest BCUT2D eigenvalue weighted by Crippen LogP contribution is 2.46. The van der Waals surface area contributed by atoms with Gasteiger partial charge in [-0.05, 0) is 28.9 Å². The van der Waals surface area contributed by atoms with Gasteiger partial charge in [0.15, 0.2) is 0 Å². The van der Waals surface area contributed by atoms with Crippen LogP contribution < -0.4 is 0 Å². The predicted octanol–water partition coefficient (Wildman–Crippen LogP) is 4.89. The maximum atomic E-state index is 9.04. The summed E-state index contributed by atoms with van der Waals surface area (Å²) in [5, 5.41) is 9.27. The van der Waals surface area contributed by atoms with Crippen LogP contribution in [-0.4, -0.2) is 10.7 Å². The molecule has 1 rings (SSSR count). The first kappa shape index (κ1) is 17.8. The minimum atomic E-state index is -0.300. The van der Waals surface area contributed by atoms with E-state index in [1.807, 2.05) is 18.5 Å². The largest absolute Gasteiger partial charge is 0.264 e. The Morgan fingerprint density at radius 3 is 2.43 bits per heavy atom. The molecule has 0 aliphatic heterocycles. The van der Waals surface area contributed by atoms with Gasteiger partial charge in [0.1, 0.15) is 0 Å². The first-order chi connectivity index (χ1) is 9.71. The van der Waals surface area contributed by atoms with E-state index in [2.05, 4.69) is 57.0 Å². The Morgan fingerprint density at radius 2 is 2.00 bits per heavy atom. The quantitative estimate of drug-likeness (QED) is 0.727. The van der Waals surface area contributed by atoms with Gasteiger partial charge in [0.05, 0.1) is 0 Å². The number of pyridine rings is 1. The van der Waals surface area contributed by atoms with Gasteiger partial charge in [0.2, 0.25) is 6.19 Å². The Kier molecular flexibility index (Phi) is 6.10. The molecule has 3 nitrogen and oxygen atoms in total. The van der Waals surface area contributed by atoms with E-state index in [9.17, 15) is 0 Å². The zero-order chi connectivity index (χ0) is 16.1. The van der Waals surface area contributed by atoms with Gasteiger partial charge >= 0.3 is 0 Å². The fourth-order valence-corrected chi connectivity index (χ4v) is 5.25. The second-order valence-electron chi connectivity index (χ2n) is 7.27. The Balaban J connectivity index is 3.32. The highest BCUT2D eigenvalue weighted by molar-refractivity contribution is 7.87. The molecule has 0 saturated carbocycles. The minimum absolute atomic E-state index is 0.0563. The Hall–Kier alpha value is -1.21. The van der Waals surface area contributed by atoms with Crippen LogP contribution in [0.25, 0.3) is 0 Å². The summed E-state index contributed by atoms with van der Waals surface area (Å²) < 4.78 is 4.22. The van der Waals surface area contributed by atoms with E-state index in [4.69, 9.17) is 5.26 Å². The molecular formula is C17H27N3S. The lowest BCUT2D eigenvalue weighted by Crippen LogP contribution is -2.31. The van der Waals surface area contributed by atoms with Crippen LogP contribution in [0.15, 0.2) is 28.9 Å². The smallest absolute Gasteiger partial charge is 0.212 e. The molecule has 0 aliphatic carbocycles. The number of hydrogen-bond acceptors (Lipinski definition) is 3. The average molecular weight is 305 g/mol. The monoisotopic (exact) mass is 305 g/mol. The molecule has 0 amide bonds. The van der Waals surface area contributed by atoms with Crippen LogP contribution in [0, 0.1) is 22.3 Å². The van der Waals surface area contributed by atoms with Crippen molar-refractivity contribution in [3.63, 3.8) is 0 Å². The lowest BCUT2D eigenvalue weighted by atomic mass is 9.73. The molecule has 0 radical (unpaired) electrons. The maximum Gasteiger partial charge on any atom is 0.212 e. The summed E-state index contributed by atoms with van der Waals surface area (Å²) in [6.45, 7) is 13.5. The zero-order valence-electron chi connectivity index (χ0n) is 14.1. The highest BCUT2D eigenvalue weighted by Gasteiger charge is 2.37. The van der Waals surface area contributed by atoms with E-state index in [0.717, 1.165) is 12.2 Å². The van der Waals surface area contributed by atoms with Crippen molar-refractivity contribution >= 4 is 10.7 Å². The molecule has 2 atom stereocenters. The number of nitrogens with zero attached hydrogens (tertiary/aromatic N) is 3. The van der Waals surface area contributed by atoms with Crippen LogP contribution in [-0.2, 0) is 10.7 Å². The van der Waals surface area contributed by atoms with Gasteiger partial charge in [-0.15, -0.1) is 0 Å². The molecule has 2 unspecified atom stereocenters. The molecule has 1 aromatic rings. The minimum Gasteiger partial charge on any atom is -0.264 e. The van der Waals surface area contributed by atoms with Crippen molar-refractivity contribution in [2.75, 3.05) is 5.75 Å². The van der Waals surface area contributed by atoms with E-state index in [-0.39, 0.29) is 26.8 Å². The number of hydrogen-bond donors (Lipinski definition) is 0. The van der Waals surface area contributed by atoms with Crippen LogP contribution in [0.1, 0.15) is 58.8 Å². The normalized spacial score (nSPS) is 15.5. The van der Waals surface area contributed by atoms with Crippen molar-refractivity contribution in [1.82, 2.24) is 4.98 Å². The third kappa shape index (κ3) is 5.24. The maximum absolute atomic E-state index is 9.04. The number of nitriles is 1. The Labute approximate surface area is 131 Å². The zero-order valence-corrected chi connectivity index (χ0v) is 14.9. The van der Waals surface area contributed by atoms with Gasteiger partial charge in [0, 0.05) is 23.4 Å². The summed E-state index contributed by atoms with van der Waals surface area (Å²) in [6, 6.07) is 4.09. The lowest BCUT2D eigenvalue weighted by Gasteiger charge is -2.40. The SMILES string of the molecule is CCS(=NC#N)C(c1cccnc1)C(C)(C)CC(C)(C)C.